The van der Waals surface area contributed by atoms with Gasteiger partial charge in [0.25, 0.3) is 0 Å². The maximum absolute atomic E-state index is 10.2. The molecule has 12 nitrogen and oxygen atoms in total. The molecule has 2 spiro atoms. The van der Waals surface area contributed by atoms with E-state index in [-0.39, 0.29) is 6.10 Å². The molecule has 9 rings (SSSR count). The Morgan fingerprint density at radius 1 is 1.12 bits per heavy atom. The van der Waals surface area contributed by atoms with E-state index < -0.39 is 11.0 Å². The van der Waals surface area contributed by atoms with Gasteiger partial charge in [0.15, 0.2) is 17.3 Å². The molecule has 0 bridgehead atoms. The highest BCUT2D eigenvalue weighted by Gasteiger charge is 2.53. The average Bonchev–Trinajstić information content (AvgIpc) is 3.93. The number of nitrogens with zero attached hydrogens (tertiary/aromatic N) is 8. The lowest BCUT2D eigenvalue weighted by Crippen LogP contribution is -2.43. The number of nitrogens with two attached hydrogens (primary N) is 1. The van der Waals surface area contributed by atoms with Gasteiger partial charge >= 0.3 is 0 Å². The van der Waals surface area contributed by atoms with Gasteiger partial charge < -0.3 is 24.6 Å². The molecule has 4 aromatic heterocycles. The number of likely N-dealkylation sites (N-methyl/N-ethyl adjacent to an activating group) is 1. The predicted molar refractivity (Wildman–Crippen MR) is 179 cm³/mol. The summed E-state index contributed by atoms with van der Waals surface area (Å²) in [6.45, 7) is 4.79. The van der Waals surface area contributed by atoms with Gasteiger partial charge in [0.1, 0.15) is 22.7 Å². The van der Waals surface area contributed by atoms with Crippen LogP contribution in [0.2, 0.25) is 0 Å². The Morgan fingerprint density at radius 3 is 2.71 bits per heavy atom. The Morgan fingerprint density at radius 2 is 1.96 bits per heavy atom. The van der Waals surface area contributed by atoms with Gasteiger partial charge in [-0.1, -0.05) is 5.16 Å². The van der Waals surface area contributed by atoms with E-state index in [2.05, 4.69) is 39.8 Å². The number of anilines is 2. The molecule has 5 aliphatic rings. The maximum Gasteiger partial charge on any atom is 0.226 e. The molecule has 48 heavy (non-hydrogen) atoms. The van der Waals surface area contributed by atoms with Crippen LogP contribution in [0.15, 0.2) is 23.0 Å². The zero-order valence-corrected chi connectivity index (χ0v) is 28.2. The van der Waals surface area contributed by atoms with Crippen molar-refractivity contribution in [2.75, 3.05) is 37.4 Å². The van der Waals surface area contributed by atoms with Crippen LogP contribution >= 0.6 is 11.3 Å². The first-order valence-electron chi connectivity index (χ1n) is 17.2. The molecule has 4 atom stereocenters. The highest BCUT2D eigenvalue weighted by Crippen LogP contribution is 2.55. The van der Waals surface area contributed by atoms with Gasteiger partial charge in [-0.3, -0.25) is 4.90 Å². The number of nitriles is 1. The molecule has 13 heteroatoms. The summed E-state index contributed by atoms with van der Waals surface area (Å²) in [7, 11) is 2.17. The van der Waals surface area contributed by atoms with E-state index in [1.54, 1.807) is 23.7 Å². The standard InChI is InChI=1S/C35H39N9O3S/c1-20(24-8-5-15-43(24)2)46-32-23-18-44(33-38-13-6-14-39-33)35(12-16-45-19-35)28(23)40-31(41-32)27-21-7-3-10-34(29(21)47-42-27)11-4-9-25-26(34)22(17-36)30(37)48-25/h6,13-14,20,24H,3-5,7-12,15-16,18-19,37H2,1-2H3/t20-,24-,34-,35-/m0/s1. The molecule has 0 saturated carbocycles. The van der Waals surface area contributed by atoms with Gasteiger partial charge in [-0.2, -0.15) is 10.2 Å². The summed E-state index contributed by atoms with van der Waals surface area (Å²) < 4.78 is 19.3. The van der Waals surface area contributed by atoms with Crippen molar-refractivity contribution in [1.82, 2.24) is 30.0 Å². The van der Waals surface area contributed by atoms with Gasteiger partial charge in [-0.15, -0.1) is 11.3 Å². The van der Waals surface area contributed by atoms with E-state index in [1.807, 2.05) is 6.07 Å². The molecule has 2 fully saturated rings. The van der Waals surface area contributed by atoms with E-state index >= 15 is 0 Å². The van der Waals surface area contributed by atoms with Crippen LogP contribution in [-0.2, 0) is 35.1 Å². The monoisotopic (exact) mass is 665 g/mol. The molecular formula is C35H39N9O3S. The SMILES string of the molecule is C[C@H](Oc1nc(-c2noc3c2CCC[C@@]32CCCc3sc(N)c(C#N)c32)nc2c1CN(c1ncccn1)[C@]21CCOC1)[C@@H]1CCCN1C. The summed E-state index contributed by atoms with van der Waals surface area (Å²) in [5.41, 5.74) is 10.6. The van der Waals surface area contributed by atoms with Crippen LogP contribution in [0.5, 0.6) is 5.88 Å². The number of fused-ring (bicyclic) bond motifs is 6. The van der Waals surface area contributed by atoms with Gasteiger partial charge in [-0.25, -0.2) is 15.0 Å². The Hall–Kier alpha value is -4.12. The number of hydrogen-bond donors (Lipinski definition) is 1. The topological polar surface area (TPSA) is 152 Å². The van der Waals surface area contributed by atoms with Gasteiger partial charge in [0.2, 0.25) is 11.8 Å². The normalized spacial score (nSPS) is 26.9. The summed E-state index contributed by atoms with van der Waals surface area (Å²) >= 11 is 1.55. The maximum atomic E-state index is 10.2. The number of aryl methyl sites for hydroxylation is 1. The third-order valence-electron chi connectivity index (χ3n) is 11.5. The molecule has 248 valence electrons. The smallest absolute Gasteiger partial charge is 0.226 e. The van der Waals surface area contributed by atoms with Crippen LogP contribution in [0.4, 0.5) is 10.9 Å². The number of likely N-dealkylation sites (tertiary alicyclic amines) is 1. The van der Waals surface area contributed by atoms with Crippen molar-refractivity contribution in [3.05, 3.63) is 57.0 Å². The second-order valence-electron chi connectivity index (χ2n) is 14.0. The largest absolute Gasteiger partial charge is 0.473 e. The number of rotatable bonds is 5. The van der Waals surface area contributed by atoms with Crippen LogP contribution in [0.1, 0.15) is 90.5 Å². The van der Waals surface area contributed by atoms with Crippen LogP contribution < -0.4 is 15.4 Å². The van der Waals surface area contributed by atoms with E-state index in [0.29, 0.717) is 59.7 Å². The fourth-order valence-electron chi connectivity index (χ4n) is 9.28. The Balaban J connectivity index is 1.20. The Labute approximate surface area is 283 Å². The minimum atomic E-state index is -0.556. The minimum absolute atomic E-state index is 0.0780. The number of nitrogen functional groups attached to an aromatic ring is 1. The summed E-state index contributed by atoms with van der Waals surface area (Å²) in [6.07, 6.45) is 11.9. The number of thiophene rings is 1. The van der Waals surface area contributed by atoms with Crippen LogP contribution in [0, 0.1) is 11.3 Å². The summed E-state index contributed by atoms with van der Waals surface area (Å²) in [5.74, 6) is 2.55. The van der Waals surface area contributed by atoms with Gasteiger partial charge in [0, 0.05) is 41.9 Å². The minimum Gasteiger partial charge on any atom is -0.473 e. The molecule has 4 aromatic rings. The first-order valence-corrected chi connectivity index (χ1v) is 18.0. The van der Waals surface area contributed by atoms with Crippen molar-refractivity contribution >= 4 is 22.3 Å². The second-order valence-corrected chi connectivity index (χ2v) is 15.2. The van der Waals surface area contributed by atoms with Crippen molar-refractivity contribution in [3.8, 4) is 23.5 Å². The molecule has 3 aliphatic heterocycles. The Bertz CT molecular complexity index is 1930. The predicted octanol–water partition coefficient (Wildman–Crippen LogP) is 4.89. The van der Waals surface area contributed by atoms with Crippen molar-refractivity contribution in [3.63, 3.8) is 0 Å². The van der Waals surface area contributed by atoms with Crippen LogP contribution in [0.3, 0.4) is 0 Å². The third kappa shape index (κ3) is 4.28. The third-order valence-corrected chi connectivity index (χ3v) is 12.6. The molecule has 2 saturated heterocycles. The molecule has 0 amide bonds. The zero-order valence-electron chi connectivity index (χ0n) is 27.4. The van der Waals surface area contributed by atoms with Gasteiger partial charge in [0.05, 0.1) is 35.4 Å². The molecule has 0 unspecified atom stereocenters. The fourth-order valence-corrected chi connectivity index (χ4v) is 10.4. The molecule has 2 N–H and O–H groups in total. The first kappa shape index (κ1) is 30.0. The van der Waals surface area contributed by atoms with Crippen molar-refractivity contribution < 1.29 is 14.0 Å². The van der Waals surface area contributed by atoms with E-state index in [0.717, 1.165) is 92.5 Å². The van der Waals surface area contributed by atoms with Crippen molar-refractivity contribution in [2.45, 2.75) is 94.4 Å². The van der Waals surface area contributed by atoms with E-state index in [4.69, 9.17) is 34.9 Å². The average molecular weight is 666 g/mol. The van der Waals surface area contributed by atoms with Crippen molar-refractivity contribution in [1.29, 1.82) is 5.26 Å². The lowest BCUT2D eigenvalue weighted by atomic mass is 9.63. The van der Waals surface area contributed by atoms with E-state index in [9.17, 15) is 5.26 Å². The molecule has 2 aliphatic carbocycles. The first-order chi connectivity index (χ1) is 23.4. The lowest BCUT2D eigenvalue weighted by molar-refractivity contribution is 0.116. The van der Waals surface area contributed by atoms with Crippen LogP contribution in [-0.4, -0.2) is 68.9 Å². The molecule has 0 aromatic carbocycles. The molecule has 0 radical (unpaired) electrons. The summed E-state index contributed by atoms with van der Waals surface area (Å²) in [4.78, 5) is 25.6. The highest BCUT2D eigenvalue weighted by atomic mass is 32.1. The molecule has 7 heterocycles. The summed E-state index contributed by atoms with van der Waals surface area (Å²) in [5, 5.41) is 15.5. The van der Waals surface area contributed by atoms with E-state index in [1.165, 1.54) is 4.88 Å². The molecular weight excluding hydrogens is 627 g/mol. The zero-order chi connectivity index (χ0) is 32.6. The lowest BCUT2D eigenvalue weighted by Gasteiger charge is -2.39. The number of ether oxygens (including phenoxy) is 2. The quantitative estimate of drug-likeness (QED) is 0.309. The van der Waals surface area contributed by atoms with Crippen LogP contribution in [0.25, 0.3) is 11.5 Å². The van der Waals surface area contributed by atoms with Gasteiger partial charge in [-0.05, 0) is 83.5 Å². The number of aromatic nitrogens is 5. The number of hydrogen-bond acceptors (Lipinski definition) is 13. The fraction of sp³-hybridized carbons (Fsp3) is 0.543. The second kappa shape index (κ2) is 11.2. The highest BCUT2D eigenvalue weighted by molar-refractivity contribution is 7.16. The van der Waals surface area contributed by atoms with Crippen molar-refractivity contribution in [2.24, 2.45) is 0 Å². The Kier molecular flexibility index (Phi) is 7.01. The summed E-state index contributed by atoms with van der Waals surface area (Å²) in [6, 6.07) is 4.55.